The first-order valence-electron chi connectivity index (χ1n) is 8.96. The van der Waals surface area contributed by atoms with E-state index in [1.165, 1.54) is 0 Å². The number of alkyl halides is 3. The van der Waals surface area contributed by atoms with Crippen molar-refractivity contribution in [3.8, 4) is 0 Å². The molecule has 2 aliphatic rings. The summed E-state index contributed by atoms with van der Waals surface area (Å²) in [6.07, 6.45) is -0.840. The summed E-state index contributed by atoms with van der Waals surface area (Å²) in [7, 11) is 0. The van der Waals surface area contributed by atoms with Crippen LogP contribution in [0.3, 0.4) is 0 Å². The van der Waals surface area contributed by atoms with Crippen LogP contribution in [0.5, 0.6) is 0 Å². The molecule has 2 fully saturated rings. The van der Waals surface area contributed by atoms with Gasteiger partial charge in [-0.15, -0.1) is 0 Å². The van der Waals surface area contributed by atoms with Crippen molar-refractivity contribution in [3.05, 3.63) is 30.1 Å². The Balaban J connectivity index is 0.000000370. The van der Waals surface area contributed by atoms with Crippen molar-refractivity contribution in [1.29, 1.82) is 0 Å². The largest absolute Gasteiger partial charge is 0.490 e. The lowest BCUT2D eigenvalue weighted by Gasteiger charge is -2.25. The lowest BCUT2D eigenvalue weighted by Crippen LogP contribution is -2.40. The minimum atomic E-state index is -5.08. The third-order valence-corrected chi connectivity index (χ3v) is 4.50. The number of carbonyl (C=O) groups is 3. The highest BCUT2D eigenvalue weighted by atomic mass is 19.4. The number of aromatic nitrogens is 1. The van der Waals surface area contributed by atoms with E-state index in [1.807, 2.05) is 30.9 Å². The normalized spacial score (nSPS) is 21.0. The SMILES string of the molecule is CC(C)OC(=O)N1CC[C@H]2[C@@H]1CC(=O)N2Cc1cccnc1.O=C(O)C(F)(F)F. The Morgan fingerprint density at radius 3 is 2.52 bits per heavy atom. The zero-order valence-corrected chi connectivity index (χ0v) is 15.9. The van der Waals surface area contributed by atoms with Crippen LogP contribution >= 0.6 is 0 Å². The number of ether oxygens (including phenoxy) is 1. The Hall–Kier alpha value is -2.85. The van der Waals surface area contributed by atoms with Crippen LogP contribution in [0.15, 0.2) is 24.5 Å². The Morgan fingerprint density at radius 2 is 2.00 bits per heavy atom. The molecule has 0 bridgehead atoms. The number of rotatable bonds is 3. The molecule has 0 radical (unpaired) electrons. The minimum absolute atomic E-state index is 0.0598. The average molecular weight is 417 g/mol. The third kappa shape index (κ3) is 5.81. The van der Waals surface area contributed by atoms with E-state index < -0.39 is 12.1 Å². The lowest BCUT2D eigenvalue weighted by molar-refractivity contribution is -0.192. The molecular formula is C18H22F3N3O5. The first-order valence-corrected chi connectivity index (χ1v) is 8.96. The van der Waals surface area contributed by atoms with E-state index in [2.05, 4.69) is 4.98 Å². The molecule has 2 aliphatic heterocycles. The molecule has 1 aromatic rings. The van der Waals surface area contributed by atoms with Crippen LogP contribution in [0, 0.1) is 0 Å². The molecule has 1 aromatic heterocycles. The van der Waals surface area contributed by atoms with Crippen molar-refractivity contribution in [2.24, 2.45) is 0 Å². The molecule has 2 amide bonds. The molecule has 160 valence electrons. The maximum absolute atomic E-state index is 12.3. The summed E-state index contributed by atoms with van der Waals surface area (Å²) >= 11 is 0. The van der Waals surface area contributed by atoms with Crippen LogP contribution in [0.2, 0.25) is 0 Å². The van der Waals surface area contributed by atoms with Gasteiger partial charge in [-0.3, -0.25) is 9.78 Å². The van der Waals surface area contributed by atoms with Gasteiger partial charge < -0.3 is 19.6 Å². The van der Waals surface area contributed by atoms with Gasteiger partial charge >= 0.3 is 18.2 Å². The van der Waals surface area contributed by atoms with Gasteiger partial charge in [0.2, 0.25) is 5.91 Å². The molecule has 0 spiro atoms. The predicted octanol–water partition coefficient (Wildman–Crippen LogP) is 2.44. The molecule has 2 saturated heterocycles. The summed E-state index contributed by atoms with van der Waals surface area (Å²) in [5.41, 5.74) is 1.01. The summed E-state index contributed by atoms with van der Waals surface area (Å²) in [6, 6.07) is 3.87. The second-order valence-electron chi connectivity index (χ2n) is 6.94. The predicted molar refractivity (Wildman–Crippen MR) is 93.6 cm³/mol. The number of aliphatic carboxylic acids is 1. The number of hydrogen-bond acceptors (Lipinski definition) is 5. The van der Waals surface area contributed by atoms with Gasteiger partial charge in [-0.1, -0.05) is 6.07 Å². The monoisotopic (exact) mass is 417 g/mol. The number of likely N-dealkylation sites (tertiary alicyclic amines) is 2. The summed E-state index contributed by atoms with van der Waals surface area (Å²) in [4.78, 5) is 41.0. The summed E-state index contributed by atoms with van der Waals surface area (Å²) in [5.74, 6) is -2.66. The van der Waals surface area contributed by atoms with Gasteiger partial charge in [0.25, 0.3) is 0 Å². The van der Waals surface area contributed by atoms with E-state index in [-0.39, 0.29) is 30.2 Å². The number of pyridine rings is 1. The fourth-order valence-corrected chi connectivity index (χ4v) is 3.32. The second kappa shape index (κ2) is 9.10. The zero-order chi connectivity index (χ0) is 21.8. The quantitative estimate of drug-likeness (QED) is 0.811. The molecule has 0 aromatic carbocycles. The molecule has 2 atom stereocenters. The number of amides is 2. The number of carboxylic acid groups (broad SMARTS) is 1. The number of halogens is 3. The van der Waals surface area contributed by atoms with Gasteiger partial charge in [0, 0.05) is 31.9 Å². The molecule has 1 N–H and O–H groups in total. The van der Waals surface area contributed by atoms with Crippen LogP contribution in [0.4, 0.5) is 18.0 Å². The van der Waals surface area contributed by atoms with E-state index in [1.54, 1.807) is 17.3 Å². The van der Waals surface area contributed by atoms with Gasteiger partial charge in [0.1, 0.15) is 0 Å². The molecule has 0 unspecified atom stereocenters. The first kappa shape index (κ1) is 22.4. The van der Waals surface area contributed by atoms with E-state index in [9.17, 15) is 22.8 Å². The van der Waals surface area contributed by atoms with Crippen molar-refractivity contribution in [2.75, 3.05) is 6.54 Å². The molecule has 29 heavy (non-hydrogen) atoms. The highest BCUT2D eigenvalue weighted by Gasteiger charge is 2.48. The van der Waals surface area contributed by atoms with E-state index in [4.69, 9.17) is 14.6 Å². The number of carboxylic acids is 1. The standard InChI is InChI=1S/C16H21N3O3.C2HF3O2/c1-11(2)22-16(21)18-7-5-13-14(18)8-15(20)19(13)10-12-4-3-6-17-9-12;3-2(4,5)1(6)7/h3-4,6,9,11,13-14H,5,7-8,10H2,1-2H3;(H,6,7)/t13-,14-;/m0./s1. The highest BCUT2D eigenvalue weighted by Crippen LogP contribution is 2.34. The molecule has 8 nitrogen and oxygen atoms in total. The van der Waals surface area contributed by atoms with Crippen LogP contribution < -0.4 is 0 Å². The van der Waals surface area contributed by atoms with Gasteiger partial charge in [0.15, 0.2) is 0 Å². The van der Waals surface area contributed by atoms with Gasteiger partial charge in [-0.05, 0) is 31.9 Å². The number of nitrogens with zero attached hydrogens (tertiary/aromatic N) is 3. The van der Waals surface area contributed by atoms with Crippen molar-refractivity contribution >= 4 is 18.0 Å². The summed E-state index contributed by atoms with van der Waals surface area (Å²) in [6.45, 7) is 4.87. The fourth-order valence-electron chi connectivity index (χ4n) is 3.32. The Labute approximate surface area is 165 Å². The fraction of sp³-hybridized carbons (Fsp3) is 0.556. The van der Waals surface area contributed by atoms with Gasteiger partial charge in [-0.2, -0.15) is 13.2 Å². The summed E-state index contributed by atoms with van der Waals surface area (Å²) in [5, 5.41) is 7.12. The van der Waals surface area contributed by atoms with Crippen molar-refractivity contribution in [2.45, 2.75) is 57.6 Å². The van der Waals surface area contributed by atoms with Crippen molar-refractivity contribution < 1.29 is 37.4 Å². The second-order valence-corrected chi connectivity index (χ2v) is 6.94. The Kier molecular flexibility index (Phi) is 7.04. The first-order chi connectivity index (χ1) is 13.5. The Morgan fingerprint density at radius 1 is 1.34 bits per heavy atom. The molecule has 0 saturated carbocycles. The Bertz CT molecular complexity index is 742. The lowest BCUT2D eigenvalue weighted by atomic mass is 10.1. The topological polar surface area (TPSA) is 100 Å². The van der Waals surface area contributed by atoms with Crippen LogP contribution in [-0.2, 0) is 20.9 Å². The third-order valence-electron chi connectivity index (χ3n) is 4.50. The maximum Gasteiger partial charge on any atom is 0.490 e. The van der Waals surface area contributed by atoms with E-state index >= 15 is 0 Å². The molecular weight excluding hydrogens is 395 g/mol. The molecule has 3 rings (SSSR count). The number of fused-ring (bicyclic) bond motifs is 1. The van der Waals surface area contributed by atoms with E-state index in [0.717, 1.165) is 12.0 Å². The maximum atomic E-state index is 12.3. The van der Waals surface area contributed by atoms with Gasteiger partial charge in [0.05, 0.1) is 18.2 Å². The highest BCUT2D eigenvalue weighted by molar-refractivity contribution is 5.82. The van der Waals surface area contributed by atoms with Crippen molar-refractivity contribution in [3.63, 3.8) is 0 Å². The smallest absolute Gasteiger partial charge is 0.475 e. The number of carbonyl (C=O) groups excluding carboxylic acids is 2. The van der Waals surface area contributed by atoms with Crippen LogP contribution in [0.1, 0.15) is 32.3 Å². The van der Waals surface area contributed by atoms with Crippen LogP contribution in [0.25, 0.3) is 0 Å². The minimum Gasteiger partial charge on any atom is -0.475 e. The van der Waals surface area contributed by atoms with Crippen molar-refractivity contribution in [1.82, 2.24) is 14.8 Å². The molecule has 11 heteroatoms. The molecule has 0 aliphatic carbocycles. The van der Waals surface area contributed by atoms with Crippen LogP contribution in [-0.4, -0.2) is 68.8 Å². The average Bonchev–Trinajstić information content (AvgIpc) is 3.15. The van der Waals surface area contributed by atoms with Gasteiger partial charge in [-0.25, -0.2) is 9.59 Å². The molecule has 3 heterocycles. The van der Waals surface area contributed by atoms with E-state index in [0.29, 0.717) is 19.5 Å². The summed E-state index contributed by atoms with van der Waals surface area (Å²) < 4.78 is 37.0. The zero-order valence-electron chi connectivity index (χ0n) is 15.9. The number of hydrogen-bond donors (Lipinski definition) is 1.